The van der Waals surface area contributed by atoms with Crippen LogP contribution in [0.4, 0.5) is 5.69 Å². The van der Waals surface area contributed by atoms with Crippen LogP contribution in [0.3, 0.4) is 0 Å². The number of nitrogens with two attached hydrogens (primary N) is 1. The molecule has 0 saturated carbocycles. The number of carbonyl (C=O) groups excluding carboxylic acids is 1. The fourth-order valence-electron chi connectivity index (χ4n) is 2.97. The third-order valence-corrected chi connectivity index (χ3v) is 4.96. The summed E-state index contributed by atoms with van der Waals surface area (Å²) in [6.07, 6.45) is 1.49. The van der Waals surface area contributed by atoms with Gasteiger partial charge in [0.2, 0.25) is 0 Å². The van der Waals surface area contributed by atoms with Gasteiger partial charge >= 0.3 is 5.97 Å². The molecule has 4 nitrogen and oxygen atoms in total. The van der Waals surface area contributed by atoms with Gasteiger partial charge in [-0.15, -0.1) is 0 Å². The molecule has 1 aliphatic heterocycles. The van der Waals surface area contributed by atoms with Crippen LogP contribution < -0.4 is 11.1 Å². The van der Waals surface area contributed by atoms with Crippen LogP contribution in [0.2, 0.25) is 0 Å². The molecule has 0 atom stereocenters. The minimum atomic E-state index is -0.599. The number of nitrogen functional groups attached to an aromatic ring is 1. The molecule has 1 fully saturated rings. The molecule has 120 valence electrons. The first-order chi connectivity index (χ1) is 11.1. The fraction of sp³-hybridized carbons (Fsp3) is 0.278. The van der Waals surface area contributed by atoms with Crippen LogP contribution >= 0.6 is 15.9 Å². The van der Waals surface area contributed by atoms with E-state index in [1.165, 1.54) is 0 Å². The summed E-state index contributed by atoms with van der Waals surface area (Å²) in [6.45, 7) is 1.63. The van der Waals surface area contributed by atoms with E-state index < -0.39 is 5.60 Å². The predicted octanol–water partition coefficient (Wildman–Crippen LogP) is 3.47. The number of ether oxygens (including phenoxy) is 1. The maximum absolute atomic E-state index is 12.7. The zero-order chi connectivity index (χ0) is 16.3. The van der Waals surface area contributed by atoms with Gasteiger partial charge in [-0.1, -0.05) is 36.4 Å². The molecule has 2 aromatic carbocycles. The van der Waals surface area contributed by atoms with E-state index in [0.717, 1.165) is 31.5 Å². The first kappa shape index (κ1) is 16.0. The molecule has 0 spiro atoms. The number of carbonyl (C=O) groups is 1. The Hall–Kier alpha value is -1.85. The number of esters is 1. The monoisotopic (exact) mass is 374 g/mol. The van der Waals surface area contributed by atoms with Gasteiger partial charge in [-0.05, 0) is 46.7 Å². The lowest BCUT2D eigenvalue weighted by Crippen LogP contribution is -2.43. The zero-order valence-electron chi connectivity index (χ0n) is 12.7. The van der Waals surface area contributed by atoms with Crippen LogP contribution in [0, 0.1) is 0 Å². The Balaban J connectivity index is 1.93. The van der Waals surface area contributed by atoms with Crippen molar-refractivity contribution in [3.63, 3.8) is 0 Å². The molecule has 1 saturated heterocycles. The van der Waals surface area contributed by atoms with Gasteiger partial charge < -0.3 is 15.8 Å². The molecule has 0 radical (unpaired) electrons. The molecule has 0 unspecified atom stereocenters. The SMILES string of the molecule is Nc1c(Br)cccc1C(=O)OC1(c2ccccc2)CCNCC1. The summed E-state index contributed by atoms with van der Waals surface area (Å²) >= 11 is 3.36. The van der Waals surface area contributed by atoms with Crippen LogP contribution in [0.5, 0.6) is 0 Å². The molecule has 3 N–H and O–H groups in total. The van der Waals surface area contributed by atoms with Gasteiger partial charge in [-0.2, -0.15) is 0 Å². The Morgan fingerprint density at radius 1 is 1.09 bits per heavy atom. The summed E-state index contributed by atoms with van der Waals surface area (Å²) < 4.78 is 6.71. The van der Waals surface area contributed by atoms with Crippen molar-refractivity contribution in [1.29, 1.82) is 0 Å². The van der Waals surface area contributed by atoms with Gasteiger partial charge in [-0.25, -0.2) is 4.79 Å². The van der Waals surface area contributed by atoms with Crippen LogP contribution in [0.1, 0.15) is 28.8 Å². The lowest BCUT2D eigenvalue weighted by Gasteiger charge is -2.37. The predicted molar refractivity (Wildman–Crippen MR) is 94.2 cm³/mol. The highest BCUT2D eigenvalue weighted by Gasteiger charge is 2.38. The van der Waals surface area contributed by atoms with Crippen molar-refractivity contribution in [1.82, 2.24) is 5.32 Å². The van der Waals surface area contributed by atoms with Gasteiger partial charge in [0.1, 0.15) is 5.60 Å². The van der Waals surface area contributed by atoms with Crippen molar-refractivity contribution in [3.05, 3.63) is 64.1 Å². The molecule has 3 rings (SSSR count). The third kappa shape index (κ3) is 3.26. The average Bonchev–Trinajstić information content (AvgIpc) is 2.59. The number of rotatable bonds is 3. The highest BCUT2D eigenvalue weighted by molar-refractivity contribution is 9.10. The molecule has 0 bridgehead atoms. The van der Waals surface area contributed by atoms with Crippen LogP contribution in [-0.2, 0) is 10.3 Å². The van der Waals surface area contributed by atoms with Gasteiger partial charge in [0.25, 0.3) is 0 Å². The van der Waals surface area contributed by atoms with E-state index in [2.05, 4.69) is 21.2 Å². The van der Waals surface area contributed by atoms with Crippen molar-refractivity contribution >= 4 is 27.6 Å². The summed E-state index contributed by atoms with van der Waals surface area (Å²) in [5.74, 6) is -0.380. The third-order valence-electron chi connectivity index (χ3n) is 4.27. The summed E-state index contributed by atoms with van der Waals surface area (Å²) in [4.78, 5) is 12.7. The number of halogens is 1. The molecule has 1 aliphatic rings. The van der Waals surface area contributed by atoms with E-state index in [9.17, 15) is 4.79 Å². The normalized spacial score (nSPS) is 16.7. The minimum absolute atomic E-state index is 0.380. The number of hydrogen-bond donors (Lipinski definition) is 2. The van der Waals surface area contributed by atoms with Crippen molar-refractivity contribution in [2.45, 2.75) is 18.4 Å². The quantitative estimate of drug-likeness (QED) is 0.637. The number of nitrogens with one attached hydrogen (secondary N) is 1. The number of anilines is 1. The Morgan fingerprint density at radius 2 is 1.78 bits per heavy atom. The molecule has 0 aromatic heterocycles. The van der Waals surface area contributed by atoms with Gasteiger partial charge in [-0.3, -0.25) is 0 Å². The second-order valence-electron chi connectivity index (χ2n) is 5.70. The standard InChI is InChI=1S/C18H19BrN2O2/c19-15-8-4-7-14(16(15)20)17(22)23-18(9-11-21-12-10-18)13-5-2-1-3-6-13/h1-8,21H,9-12,20H2. The fourth-order valence-corrected chi connectivity index (χ4v) is 3.34. The molecule has 0 aliphatic carbocycles. The van der Waals surface area contributed by atoms with Crippen molar-refractivity contribution < 1.29 is 9.53 Å². The van der Waals surface area contributed by atoms with E-state index in [4.69, 9.17) is 10.5 Å². The van der Waals surface area contributed by atoms with E-state index >= 15 is 0 Å². The Bertz CT molecular complexity index is 697. The van der Waals surface area contributed by atoms with Gasteiger partial charge in [0.15, 0.2) is 0 Å². The maximum Gasteiger partial charge on any atom is 0.341 e. The summed E-state index contributed by atoms with van der Waals surface area (Å²) in [6, 6.07) is 15.2. The Morgan fingerprint density at radius 3 is 2.48 bits per heavy atom. The van der Waals surface area contributed by atoms with Crippen molar-refractivity contribution in [2.75, 3.05) is 18.8 Å². The Labute approximate surface area is 144 Å². The number of hydrogen-bond acceptors (Lipinski definition) is 4. The van der Waals surface area contributed by atoms with E-state index in [1.807, 2.05) is 36.4 Å². The van der Waals surface area contributed by atoms with E-state index in [0.29, 0.717) is 15.7 Å². The number of benzene rings is 2. The largest absolute Gasteiger partial charge is 0.450 e. The smallest absolute Gasteiger partial charge is 0.341 e. The summed E-state index contributed by atoms with van der Waals surface area (Å²) in [7, 11) is 0. The molecule has 23 heavy (non-hydrogen) atoms. The molecule has 2 aromatic rings. The van der Waals surface area contributed by atoms with E-state index in [1.54, 1.807) is 12.1 Å². The Kier molecular flexibility index (Phi) is 4.68. The lowest BCUT2D eigenvalue weighted by atomic mass is 9.84. The van der Waals surface area contributed by atoms with Crippen LogP contribution in [-0.4, -0.2) is 19.1 Å². The highest BCUT2D eigenvalue weighted by atomic mass is 79.9. The average molecular weight is 375 g/mol. The zero-order valence-corrected chi connectivity index (χ0v) is 14.3. The maximum atomic E-state index is 12.7. The van der Waals surface area contributed by atoms with Crippen molar-refractivity contribution in [2.24, 2.45) is 0 Å². The number of para-hydroxylation sites is 1. The van der Waals surface area contributed by atoms with Gasteiger partial charge in [0.05, 0.1) is 11.3 Å². The van der Waals surface area contributed by atoms with Crippen LogP contribution in [0.15, 0.2) is 53.0 Å². The second kappa shape index (κ2) is 6.72. The molecule has 1 heterocycles. The molecular formula is C18H19BrN2O2. The summed E-state index contributed by atoms with van der Waals surface area (Å²) in [5, 5.41) is 3.32. The minimum Gasteiger partial charge on any atom is -0.450 e. The highest BCUT2D eigenvalue weighted by Crippen LogP contribution is 2.36. The molecule has 0 amide bonds. The number of piperidine rings is 1. The lowest BCUT2D eigenvalue weighted by molar-refractivity contribution is -0.0377. The first-order valence-corrected chi connectivity index (χ1v) is 8.45. The van der Waals surface area contributed by atoms with Crippen LogP contribution in [0.25, 0.3) is 0 Å². The van der Waals surface area contributed by atoms with Crippen molar-refractivity contribution in [3.8, 4) is 0 Å². The molecular weight excluding hydrogens is 356 g/mol. The van der Waals surface area contributed by atoms with Gasteiger partial charge in [0, 0.05) is 17.3 Å². The topological polar surface area (TPSA) is 64.4 Å². The first-order valence-electron chi connectivity index (χ1n) is 7.66. The second-order valence-corrected chi connectivity index (χ2v) is 6.56. The summed E-state index contributed by atoms with van der Waals surface area (Å²) in [5.41, 5.74) is 7.25. The van der Waals surface area contributed by atoms with E-state index in [-0.39, 0.29) is 5.97 Å². The molecule has 5 heteroatoms.